The number of nitrogens with one attached hydrogen (secondary N) is 1. The predicted octanol–water partition coefficient (Wildman–Crippen LogP) is 2.02. The zero-order chi connectivity index (χ0) is 15.8. The van der Waals surface area contributed by atoms with Gasteiger partial charge in [0.25, 0.3) is 5.91 Å². The average Bonchev–Trinajstić information content (AvgIpc) is 2.33. The number of nitrogens with two attached hydrogens (primary N) is 1. The Bertz CT molecular complexity index is 536. The summed E-state index contributed by atoms with van der Waals surface area (Å²) in [5.74, 6) is -0.129. The van der Waals surface area contributed by atoms with Gasteiger partial charge in [0.2, 0.25) is 0 Å². The smallest absolute Gasteiger partial charge is 0.251 e. The molecule has 5 heteroatoms. The Hall–Kier alpha value is -1.75. The molecular formula is C16H25N3O2. The Morgan fingerprint density at radius 3 is 2.29 bits per heavy atom. The molecule has 0 bridgehead atoms. The first-order valence-corrected chi connectivity index (χ1v) is 7.20. The van der Waals surface area contributed by atoms with E-state index in [9.17, 15) is 4.79 Å². The molecule has 21 heavy (non-hydrogen) atoms. The first-order valence-electron chi connectivity index (χ1n) is 7.20. The molecule has 1 aromatic carbocycles. The van der Waals surface area contributed by atoms with Crippen molar-refractivity contribution in [1.29, 1.82) is 0 Å². The number of nitrogens with zero attached hydrogens (tertiary/aromatic N) is 1. The third-order valence-corrected chi connectivity index (χ3v) is 3.55. The molecule has 1 saturated heterocycles. The van der Waals surface area contributed by atoms with Gasteiger partial charge in [0.15, 0.2) is 0 Å². The van der Waals surface area contributed by atoms with Crippen molar-refractivity contribution in [2.75, 3.05) is 30.8 Å². The van der Waals surface area contributed by atoms with Gasteiger partial charge < -0.3 is 20.7 Å². The Morgan fingerprint density at radius 1 is 1.24 bits per heavy atom. The maximum atomic E-state index is 11.7. The van der Waals surface area contributed by atoms with Crippen LogP contribution in [-0.2, 0) is 4.74 Å². The quantitative estimate of drug-likeness (QED) is 0.818. The number of amides is 1. The van der Waals surface area contributed by atoms with E-state index in [0.717, 1.165) is 18.8 Å². The number of hydrogen-bond donors (Lipinski definition) is 2. The van der Waals surface area contributed by atoms with Crippen LogP contribution in [0.4, 0.5) is 11.4 Å². The highest BCUT2D eigenvalue weighted by Gasteiger charge is 2.38. The summed E-state index contributed by atoms with van der Waals surface area (Å²) in [5, 5.41) is 2.61. The summed E-state index contributed by atoms with van der Waals surface area (Å²) in [7, 11) is 1.61. The van der Waals surface area contributed by atoms with E-state index in [4.69, 9.17) is 10.5 Å². The first-order chi connectivity index (χ1) is 9.63. The van der Waals surface area contributed by atoms with Gasteiger partial charge >= 0.3 is 0 Å². The summed E-state index contributed by atoms with van der Waals surface area (Å²) in [4.78, 5) is 13.9. The molecule has 0 aromatic heterocycles. The molecule has 0 atom stereocenters. The number of carbonyl (C=O) groups excluding carboxylic acids is 1. The molecule has 5 nitrogen and oxygen atoms in total. The van der Waals surface area contributed by atoms with Crippen LogP contribution in [0.3, 0.4) is 0 Å². The van der Waals surface area contributed by atoms with Gasteiger partial charge in [-0.05, 0) is 45.9 Å². The Kier molecular flexibility index (Phi) is 3.89. The fourth-order valence-electron chi connectivity index (χ4n) is 3.09. The largest absolute Gasteiger partial charge is 0.397 e. The van der Waals surface area contributed by atoms with E-state index in [2.05, 4.69) is 37.9 Å². The molecule has 0 spiro atoms. The van der Waals surface area contributed by atoms with Crippen LogP contribution >= 0.6 is 0 Å². The molecule has 1 aliphatic rings. The average molecular weight is 291 g/mol. The number of carbonyl (C=O) groups is 1. The minimum Gasteiger partial charge on any atom is -0.397 e. The van der Waals surface area contributed by atoms with E-state index in [1.807, 2.05) is 6.07 Å². The molecule has 1 aromatic rings. The monoisotopic (exact) mass is 291 g/mol. The number of morpholine rings is 1. The maximum absolute atomic E-state index is 11.7. The van der Waals surface area contributed by atoms with Gasteiger partial charge in [0.1, 0.15) is 0 Å². The molecule has 1 aliphatic heterocycles. The van der Waals surface area contributed by atoms with Gasteiger partial charge in [0, 0.05) is 25.7 Å². The maximum Gasteiger partial charge on any atom is 0.251 e. The molecule has 0 saturated carbocycles. The Balaban J connectivity index is 2.31. The van der Waals surface area contributed by atoms with Gasteiger partial charge in [0.05, 0.1) is 22.6 Å². The van der Waals surface area contributed by atoms with Crippen LogP contribution in [0.25, 0.3) is 0 Å². The first kappa shape index (κ1) is 15.6. The molecule has 116 valence electrons. The summed E-state index contributed by atoms with van der Waals surface area (Å²) in [6.07, 6.45) is 0. The topological polar surface area (TPSA) is 67.6 Å². The summed E-state index contributed by atoms with van der Waals surface area (Å²) in [6, 6.07) is 5.45. The lowest BCUT2D eigenvalue weighted by molar-refractivity contribution is -0.133. The summed E-state index contributed by atoms with van der Waals surface area (Å²) in [6.45, 7) is 9.85. The fraction of sp³-hybridized carbons (Fsp3) is 0.562. The van der Waals surface area contributed by atoms with Crippen LogP contribution in [0.15, 0.2) is 18.2 Å². The molecule has 3 N–H and O–H groups in total. The third kappa shape index (κ3) is 3.47. The van der Waals surface area contributed by atoms with Gasteiger partial charge in [-0.2, -0.15) is 0 Å². The van der Waals surface area contributed by atoms with E-state index in [1.165, 1.54) is 0 Å². The van der Waals surface area contributed by atoms with Crippen molar-refractivity contribution in [3.8, 4) is 0 Å². The zero-order valence-electron chi connectivity index (χ0n) is 13.5. The Morgan fingerprint density at radius 2 is 1.81 bits per heavy atom. The van der Waals surface area contributed by atoms with Crippen molar-refractivity contribution < 1.29 is 9.53 Å². The van der Waals surface area contributed by atoms with Crippen LogP contribution in [0, 0.1) is 0 Å². The van der Waals surface area contributed by atoms with Crippen molar-refractivity contribution in [3.63, 3.8) is 0 Å². The summed E-state index contributed by atoms with van der Waals surface area (Å²) >= 11 is 0. The van der Waals surface area contributed by atoms with Gasteiger partial charge in [-0.1, -0.05) is 0 Å². The van der Waals surface area contributed by atoms with E-state index >= 15 is 0 Å². The zero-order valence-corrected chi connectivity index (χ0v) is 13.5. The lowest BCUT2D eigenvalue weighted by Gasteiger charge is -2.48. The van der Waals surface area contributed by atoms with Crippen molar-refractivity contribution in [3.05, 3.63) is 23.8 Å². The second-order valence-corrected chi connectivity index (χ2v) is 6.83. The number of hydrogen-bond acceptors (Lipinski definition) is 4. The highest BCUT2D eigenvalue weighted by molar-refractivity contribution is 5.96. The van der Waals surface area contributed by atoms with Crippen molar-refractivity contribution in [2.24, 2.45) is 0 Å². The molecule has 0 unspecified atom stereocenters. The molecule has 1 amide bonds. The lowest BCUT2D eigenvalue weighted by Crippen LogP contribution is -2.57. The second kappa shape index (κ2) is 5.22. The fourth-order valence-corrected chi connectivity index (χ4v) is 3.09. The van der Waals surface area contributed by atoms with Crippen molar-refractivity contribution in [1.82, 2.24) is 5.32 Å². The SMILES string of the molecule is CNC(=O)c1ccc(N2CC(C)(C)OC(C)(C)C2)c(N)c1. The number of benzene rings is 1. The normalized spacial score (nSPS) is 20.1. The van der Waals surface area contributed by atoms with Crippen molar-refractivity contribution >= 4 is 17.3 Å². The summed E-state index contributed by atoms with van der Waals surface area (Å²) in [5.41, 5.74) is 7.82. The van der Waals surface area contributed by atoms with E-state index in [-0.39, 0.29) is 17.1 Å². The number of rotatable bonds is 2. The highest BCUT2D eigenvalue weighted by atomic mass is 16.5. The predicted molar refractivity (Wildman–Crippen MR) is 85.7 cm³/mol. The van der Waals surface area contributed by atoms with Crippen LogP contribution in [0.2, 0.25) is 0 Å². The number of nitrogen functional groups attached to an aromatic ring is 1. The van der Waals surface area contributed by atoms with E-state index in [1.54, 1.807) is 19.2 Å². The highest BCUT2D eigenvalue weighted by Crippen LogP contribution is 2.34. The summed E-state index contributed by atoms with van der Waals surface area (Å²) < 4.78 is 6.09. The molecular weight excluding hydrogens is 266 g/mol. The van der Waals surface area contributed by atoms with Gasteiger partial charge in [-0.15, -0.1) is 0 Å². The minimum atomic E-state index is -0.242. The Labute approximate surface area is 126 Å². The molecule has 1 heterocycles. The van der Waals surface area contributed by atoms with Crippen LogP contribution in [-0.4, -0.2) is 37.2 Å². The van der Waals surface area contributed by atoms with Crippen LogP contribution in [0.5, 0.6) is 0 Å². The molecule has 2 rings (SSSR count). The van der Waals surface area contributed by atoms with Gasteiger partial charge in [-0.25, -0.2) is 0 Å². The lowest BCUT2D eigenvalue weighted by atomic mass is 9.98. The third-order valence-electron chi connectivity index (χ3n) is 3.55. The van der Waals surface area contributed by atoms with Crippen molar-refractivity contribution in [2.45, 2.75) is 38.9 Å². The van der Waals surface area contributed by atoms with E-state index in [0.29, 0.717) is 11.3 Å². The molecule has 0 aliphatic carbocycles. The number of ether oxygens (including phenoxy) is 1. The van der Waals surface area contributed by atoms with E-state index < -0.39 is 0 Å². The van der Waals surface area contributed by atoms with Crippen LogP contribution in [0.1, 0.15) is 38.1 Å². The van der Waals surface area contributed by atoms with Crippen LogP contribution < -0.4 is 16.0 Å². The minimum absolute atomic E-state index is 0.129. The standard InChI is InChI=1S/C16H25N3O2/c1-15(2)9-19(10-16(3,4)21-15)13-7-6-11(8-12(13)17)14(20)18-5/h6-8H,9-10,17H2,1-5H3,(H,18,20). The number of anilines is 2. The molecule has 1 fully saturated rings. The van der Waals surface area contributed by atoms with Gasteiger partial charge in [-0.3, -0.25) is 4.79 Å². The molecule has 0 radical (unpaired) electrons. The second-order valence-electron chi connectivity index (χ2n) is 6.83.